The summed E-state index contributed by atoms with van der Waals surface area (Å²) in [5.41, 5.74) is 4.47. The van der Waals surface area contributed by atoms with Crippen LogP contribution in [0.2, 0.25) is 0 Å². The summed E-state index contributed by atoms with van der Waals surface area (Å²) in [5, 5.41) is 22.0. The lowest BCUT2D eigenvalue weighted by Crippen LogP contribution is -2.20. The van der Waals surface area contributed by atoms with Gasteiger partial charge in [0.2, 0.25) is 0 Å². The van der Waals surface area contributed by atoms with Gasteiger partial charge in [-0.2, -0.15) is 5.48 Å². The predicted molar refractivity (Wildman–Crippen MR) is 96.5 cm³/mol. The topological polar surface area (TPSA) is 83.3 Å². The highest BCUT2D eigenvalue weighted by Crippen LogP contribution is 2.21. The summed E-state index contributed by atoms with van der Waals surface area (Å²) in [4.78, 5) is 0. The van der Waals surface area contributed by atoms with Crippen LogP contribution in [0.1, 0.15) is 23.6 Å². The lowest BCUT2D eigenvalue weighted by Gasteiger charge is -2.15. The third-order valence-electron chi connectivity index (χ3n) is 3.80. The Bertz CT molecular complexity index is 709. The van der Waals surface area contributed by atoms with Gasteiger partial charge in [-0.1, -0.05) is 35.5 Å². The van der Waals surface area contributed by atoms with Crippen LogP contribution in [0.5, 0.6) is 11.5 Å². The molecule has 132 valence electrons. The highest BCUT2D eigenvalue weighted by Gasteiger charge is 2.13. The first kappa shape index (κ1) is 18.5. The summed E-state index contributed by atoms with van der Waals surface area (Å²) in [6.07, 6.45) is 3.85. The van der Waals surface area contributed by atoms with E-state index < -0.39 is 6.04 Å². The van der Waals surface area contributed by atoms with Gasteiger partial charge in [-0.3, -0.25) is 0 Å². The monoisotopic (exact) mass is 342 g/mol. The highest BCUT2D eigenvalue weighted by molar-refractivity contribution is 5.98. The van der Waals surface area contributed by atoms with Crippen molar-refractivity contribution < 1.29 is 19.9 Å². The number of nitrogens with one attached hydrogen (secondary N) is 1. The Hall–Kier alpha value is -2.83. The van der Waals surface area contributed by atoms with Crippen molar-refractivity contribution in [3.8, 4) is 11.5 Å². The molecular formula is C19H22N2O4. The average Bonchev–Trinajstić information content (AvgIpc) is 2.69. The Kier molecular flexibility index (Phi) is 7.00. The van der Waals surface area contributed by atoms with Crippen LogP contribution in [-0.4, -0.2) is 30.3 Å². The number of hydroxylamine groups is 1. The minimum atomic E-state index is -0.405. The Morgan fingerprint density at radius 2 is 1.60 bits per heavy atom. The second kappa shape index (κ2) is 9.46. The van der Waals surface area contributed by atoms with Crippen molar-refractivity contribution in [3.05, 3.63) is 65.7 Å². The first-order valence-corrected chi connectivity index (χ1v) is 7.76. The van der Waals surface area contributed by atoms with E-state index in [4.69, 9.17) is 9.47 Å². The summed E-state index contributed by atoms with van der Waals surface area (Å²) in [7, 11) is 3.21. The Morgan fingerprint density at radius 1 is 1.04 bits per heavy atom. The van der Waals surface area contributed by atoms with Gasteiger partial charge in [0.05, 0.1) is 26.0 Å². The number of rotatable bonds is 8. The summed E-state index contributed by atoms with van der Waals surface area (Å²) >= 11 is 0. The molecule has 0 aliphatic heterocycles. The lowest BCUT2D eigenvalue weighted by molar-refractivity contribution is 0.128. The molecule has 3 N–H and O–H groups in total. The molecule has 0 aliphatic carbocycles. The first-order chi connectivity index (χ1) is 12.2. The first-order valence-electron chi connectivity index (χ1n) is 7.76. The number of benzene rings is 2. The maximum absolute atomic E-state index is 9.44. The summed E-state index contributed by atoms with van der Waals surface area (Å²) in [6.45, 7) is 0. The number of nitrogens with zero attached hydrogens (tertiary/aromatic N) is 1. The fourth-order valence-electron chi connectivity index (χ4n) is 2.33. The normalized spacial score (nSPS) is 13.0. The minimum absolute atomic E-state index is 0.311. The smallest absolute Gasteiger partial charge is 0.118 e. The molecule has 6 heteroatoms. The molecule has 0 radical (unpaired) electrons. The molecule has 0 bridgehead atoms. The molecule has 0 unspecified atom stereocenters. The van der Waals surface area contributed by atoms with E-state index in [0.717, 1.165) is 22.6 Å². The van der Waals surface area contributed by atoms with Crippen molar-refractivity contribution in [1.82, 2.24) is 5.48 Å². The largest absolute Gasteiger partial charge is 0.497 e. The second-order valence-electron chi connectivity index (χ2n) is 5.36. The Balaban J connectivity index is 2.06. The predicted octanol–water partition coefficient (Wildman–Crippen LogP) is 3.66. The molecule has 0 fully saturated rings. The molecule has 1 atom stereocenters. The van der Waals surface area contributed by atoms with Crippen molar-refractivity contribution >= 4 is 11.8 Å². The van der Waals surface area contributed by atoms with Crippen LogP contribution < -0.4 is 15.0 Å². The zero-order chi connectivity index (χ0) is 18.1. The molecule has 0 saturated heterocycles. The van der Waals surface area contributed by atoms with E-state index in [0.29, 0.717) is 12.1 Å². The van der Waals surface area contributed by atoms with E-state index in [9.17, 15) is 10.4 Å². The molecule has 25 heavy (non-hydrogen) atoms. The zero-order valence-electron chi connectivity index (χ0n) is 14.2. The van der Waals surface area contributed by atoms with Crippen LogP contribution in [0, 0.1) is 0 Å². The third-order valence-corrected chi connectivity index (χ3v) is 3.80. The molecule has 2 aromatic carbocycles. The van der Waals surface area contributed by atoms with Crippen LogP contribution in [0.15, 0.2) is 59.8 Å². The SMILES string of the molecule is COc1ccc(/C=C\C(C[C@H](NO)c2ccc(OC)cc2)=N\O)cc1. The van der Waals surface area contributed by atoms with E-state index in [1.807, 2.05) is 54.6 Å². The van der Waals surface area contributed by atoms with Crippen molar-refractivity contribution in [2.24, 2.45) is 5.16 Å². The molecular weight excluding hydrogens is 320 g/mol. The second-order valence-corrected chi connectivity index (χ2v) is 5.36. The number of hydrogen-bond acceptors (Lipinski definition) is 6. The fraction of sp³-hybridized carbons (Fsp3) is 0.211. The van der Waals surface area contributed by atoms with Crippen LogP contribution in [-0.2, 0) is 0 Å². The number of oxime groups is 1. The molecule has 0 saturated carbocycles. The van der Waals surface area contributed by atoms with Crippen LogP contribution in [0.3, 0.4) is 0 Å². The maximum Gasteiger partial charge on any atom is 0.118 e. The number of allylic oxidation sites excluding steroid dienone is 1. The standard InChI is InChI=1S/C19H22N2O4/c1-24-17-9-4-14(5-10-17)3-8-16(20-22)13-19(21-23)15-6-11-18(25-2)12-7-15/h3-12,19,21-23H,13H2,1-2H3/b8-3-,20-16-/t19-/m0/s1. The maximum atomic E-state index is 9.44. The molecule has 0 spiro atoms. The molecule has 0 amide bonds. The van der Waals surface area contributed by atoms with Gasteiger partial charge in [0, 0.05) is 6.42 Å². The van der Waals surface area contributed by atoms with Gasteiger partial charge in [-0.15, -0.1) is 0 Å². The van der Waals surface area contributed by atoms with Gasteiger partial charge in [0.25, 0.3) is 0 Å². The van der Waals surface area contributed by atoms with E-state index in [-0.39, 0.29) is 0 Å². The minimum Gasteiger partial charge on any atom is -0.497 e. The van der Waals surface area contributed by atoms with Crippen molar-refractivity contribution in [3.63, 3.8) is 0 Å². The quantitative estimate of drug-likeness (QED) is 0.387. The van der Waals surface area contributed by atoms with Gasteiger partial charge in [0.1, 0.15) is 11.5 Å². The van der Waals surface area contributed by atoms with Crippen LogP contribution in [0.4, 0.5) is 0 Å². The summed E-state index contributed by atoms with van der Waals surface area (Å²) < 4.78 is 10.2. The van der Waals surface area contributed by atoms with Crippen molar-refractivity contribution in [2.45, 2.75) is 12.5 Å². The van der Waals surface area contributed by atoms with Gasteiger partial charge in [-0.05, 0) is 41.5 Å². The lowest BCUT2D eigenvalue weighted by atomic mass is 10.0. The van der Waals surface area contributed by atoms with Gasteiger partial charge < -0.3 is 19.9 Å². The third kappa shape index (κ3) is 5.34. The van der Waals surface area contributed by atoms with E-state index in [1.165, 1.54) is 0 Å². The molecule has 2 aromatic rings. The van der Waals surface area contributed by atoms with E-state index in [1.54, 1.807) is 20.3 Å². The molecule has 0 heterocycles. The number of ether oxygens (including phenoxy) is 2. The average molecular weight is 342 g/mol. The molecule has 0 aromatic heterocycles. The number of hydrogen-bond donors (Lipinski definition) is 3. The highest BCUT2D eigenvalue weighted by atomic mass is 16.5. The fourth-order valence-corrected chi connectivity index (χ4v) is 2.33. The van der Waals surface area contributed by atoms with Gasteiger partial charge in [-0.25, -0.2) is 0 Å². The van der Waals surface area contributed by atoms with Crippen molar-refractivity contribution in [2.75, 3.05) is 14.2 Å². The van der Waals surface area contributed by atoms with Crippen LogP contribution >= 0.6 is 0 Å². The molecule has 0 aliphatic rings. The summed E-state index contributed by atoms with van der Waals surface area (Å²) in [5.74, 6) is 1.51. The van der Waals surface area contributed by atoms with E-state index in [2.05, 4.69) is 10.6 Å². The summed E-state index contributed by atoms with van der Waals surface area (Å²) in [6, 6.07) is 14.4. The molecule has 6 nitrogen and oxygen atoms in total. The zero-order valence-corrected chi connectivity index (χ0v) is 14.2. The van der Waals surface area contributed by atoms with Gasteiger partial charge in [0.15, 0.2) is 0 Å². The Morgan fingerprint density at radius 3 is 2.08 bits per heavy atom. The van der Waals surface area contributed by atoms with E-state index >= 15 is 0 Å². The van der Waals surface area contributed by atoms with Crippen LogP contribution in [0.25, 0.3) is 6.08 Å². The molecule has 2 rings (SSSR count). The van der Waals surface area contributed by atoms with Crippen molar-refractivity contribution in [1.29, 1.82) is 0 Å². The van der Waals surface area contributed by atoms with Gasteiger partial charge >= 0.3 is 0 Å². The Labute approximate surface area is 147 Å². The number of methoxy groups -OCH3 is 2.